The van der Waals surface area contributed by atoms with Crippen LogP contribution in [0.4, 0.5) is 0 Å². The highest BCUT2D eigenvalue weighted by Crippen LogP contribution is 2.76. The van der Waals surface area contributed by atoms with Gasteiger partial charge in [-0.25, -0.2) is 0 Å². The molecule has 0 amide bonds. The number of hydrogen-bond donors (Lipinski definition) is 0. The van der Waals surface area contributed by atoms with Crippen molar-refractivity contribution in [1.29, 1.82) is 0 Å². The molecule has 0 aliphatic heterocycles. The average molecular weight is 675 g/mol. The molecule has 0 unspecified atom stereocenters. The smallest absolute Gasteiger partial charge is 0.315 e. The Morgan fingerprint density at radius 3 is 2.17 bits per heavy atom. The summed E-state index contributed by atoms with van der Waals surface area (Å²) in [6.45, 7) is 24.3. The van der Waals surface area contributed by atoms with Crippen molar-refractivity contribution in [2.45, 2.75) is 158 Å². The third-order valence-electron chi connectivity index (χ3n) is 16.3. The van der Waals surface area contributed by atoms with Gasteiger partial charge in [0.1, 0.15) is 12.4 Å². The molecule has 4 nitrogen and oxygen atoms in total. The van der Waals surface area contributed by atoms with Crippen LogP contribution in [0.5, 0.6) is 0 Å². The number of ketones is 1. The number of carbonyl (C=O) groups excluding carboxylic acids is 2. The van der Waals surface area contributed by atoms with E-state index in [-0.39, 0.29) is 45.1 Å². The maximum atomic E-state index is 15.0. The minimum Gasteiger partial charge on any atom is -0.460 e. The van der Waals surface area contributed by atoms with Gasteiger partial charge in [0.25, 0.3) is 0 Å². The summed E-state index contributed by atoms with van der Waals surface area (Å²) in [5.74, 6) is 1.46. The van der Waals surface area contributed by atoms with Gasteiger partial charge in [0.05, 0.1) is 11.5 Å². The zero-order valence-corrected chi connectivity index (χ0v) is 33.1. The number of hydrogen-bond acceptors (Lipinski definition) is 4. The van der Waals surface area contributed by atoms with Crippen molar-refractivity contribution in [2.24, 2.45) is 50.2 Å². The third kappa shape index (κ3) is 5.20. The molecule has 1 aromatic rings. The van der Waals surface area contributed by atoms with Crippen molar-refractivity contribution >= 4 is 20.1 Å². The molecule has 0 N–H and O–H groups in total. The molecule has 0 bridgehead atoms. The van der Waals surface area contributed by atoms with Crippen molar-refractivity contribution in [2.75, 3.05) is 0 Å². The number of fused-ring (bicyclic) bond motifs is 7. The fraction of sp³-hybridized carbons (Fsp3) is 0.767. The van der Waals surface area contributed by atoms with Gasteiger partial charge in [-0.15, -0.1) is 0 Å². The molecule has 0 heterocycles. The van der Waals surface area contributed by atoms with Crippen molar-refractivity contribution in [3.8, 4) is 0 Å². The first-order chi connectivity index (χ1) is 22.5. The Morgan fingerprint density at radius 1 is 0.854 bits per heavy atom. The van der Waals surface area contributed by atoms with E-state index in [1.165, 1.54) is 5.57 Å². The van der Waals surface area contributed by atoms with Gasteiger partial charge in [-0.2, -0.15) is 0 Å². The van der Waals surface area contributed by atoms with E-state index in [1.54, 1.807) is 0 Å². The van der Waals surface area contributed by atoms with Crippen LogP contribution in [-0.2, 0) is 25.4 Å². The van der Waals surface area contributed by atoms with Crippen LogP contribution in [0, 0.1) is 50.2 Å². The molecule has 1 aromatic carbocycles. The van der Waals surface area contributed by atoms with Gasteiger partial charge >= 0.3 is 5.97 Å². The Morgan fingerprint density at radius 2 is 1.52 bits per heavy atom. The van der Waals surface area contributed by atoms with Gasteiger partial charge in [-0.1, -0.05) is 111 Å². The van der Waals surface area contributed by atoms with Gasteiger partial charge < -0.3 is 9.16 Å². The Balaban J connectivity index is 1.49. The van der Waals surface area contributed by atoms with Crippen LogP contribution < -0.4 is 0 Å². The lowest BCUT2D eigenvalue weighted by atomic mass is 9.33. The second-order valence-electron chi connectivity index (χ2n) is 19.0. The topological polar surface area (TPSA) is 52.6 Å². The van der Waals surface area contributed by atoms with Crippen LogP contribution in [0.2, 0.25) is 18.1 Å². The summed E-state index contributed by atoms with van der Waals surface area (Å²) in [6, 6.07) is 13.4. The van der Waals surface area contributed by atoms with E-state index < -0.39 is 13.7 Å². The van der Waals surface area contributed by atoms with Crippen LogP contribution in [0.3, 0.4) is 0 Å². The van der Waals surface area contributed by atoms with Crippen LogP contribution in [0.1, 0.15) is 133 Å². The van der Waals surface area contributed by atoms with Crippen LogP contribution in [-0.4, -0.2) is 26.2 Å². The maximum Gasteiger partial charge on any atom is 0.315 e. The normalized spacial score (nSPS) is 40.0. The van der Waals surface area contributed by atoms with E-state index in [0.717, 1.165) is 75.1 Å². The second-order valence-corrected chi connectivity index (χ2v) is 23.7. The van der Waals surface area contributed by atoms with E-state index in [4.69, 9.17) is 9.16 Å². The maximum absolute atomic E-state index is 15.0. The molecule has 48 heavy (non-hydrogen) atoms. The molecular weight excluding hydrogens is 609 g/mol. The number of ether oxygens (including phenoxy) is 1. The summed E-state index contributed by atoms with van der Waals surface area (Å²) in [4.78, 5) is 28.3. The van der Waals surface area contributed by atoms with Gasteiger partial charge in [0, 0.05) is 11.8 Å². The number of esters is 1. The minimum atomic E-state index is -2.09. The van der Waals surface area contributed by atoms with E-state index in [0.29, 0.717) is 30.6 Å². The van der Waals surface area contributed by atoms with Crippen LogP contribution >= 0.6 is 0 Å². The van der Waals surface area contributed by atoms with E-state index in [9.17, 15) is 4.79 Å². The predicted molar refractivity (Wildman–Crippen MR) is 198 cm³/mol. The molecule has 0 spiro atoms. The van der Waals surface area contributed by atoms with Crippen molar-refractivity contribution < 1.29 is 18.8 Å². The fourth-order valence-electron chi connectivity index (χ4n) is 12.8. The highest BCUT2D eigenvalue weighted by molar-refractivity contribution is 6.73. The van der Waals surface area contributed by atoms with Gasteiger partial charge in [-0.05, 0) is 114 Å². The summed E-state index contributed by atoms with van der Waals surface area (Å²) in [5.41, 5.74) is 1.88. The summed E-state index contributed by atoms with van der Waals surface area (Å²) >= 11 is 0. The lowest BCUT2D eigenvalue weighted by Crippen LogP contribution is -2.68. The quantitative estimate of drug-likeness (QED) is 0.156. The highest BCUT2D eigenvalue weighted by atomic mass is 28.4. The van der Waals surface area contributed by atoms with Crippen molar-refractivity contribution in [3.63, 3.8) is 0 Å². The molecule has 4 saturated carbocycles. The van der Waals surface area contributed by atoms with E-state index in [1.807, 2.05) is 18.2 Å². The lowest BCUT2D eigenvalue weighted by Gasteiger charge is -2.71. The average Bonchev–Trinajstić information content (AvgIpc) is 3.05. The molecule has 266 valence electrons. The van der Waals surface area contributed by atoms with Crippen molar-refractivity contribution in [3.05, 3.63) is 47.5 Å². The Kier molecular flexibility index (Phi) is 9.17. The van der Waals surface area contributed by atoms with E-state index in [2.05, 4.69) is 87.4 Å². The van der Waals surface area contributed by atoms with Crippen LogP contribution in [0.25, 0.3) is 0 Å². The first kappa shape index (κ1) is 36.1. The number of carbonyl (C=O) groups is 2. The molecule has 0 aromatic heterocycles. The molecule has 8 atom stereocenters. The monoisotopic (exact) mass is 674 g/mol. The fourth-order valence-corrected chi connectivity index (χ4v) is 15.7. The van der Waals surface area contributed by atoms with Crippen molar-refractivity contribution in [1.82, 2.24) is 0 Å². The number of Topliss-reactive ketones (excluding diaryl/α,β-unsaturated/α-hetero) is 1. The number of rotatable bonds is 8. The lowest BCUT2D eigenvalue weighted by molar-refractivity contribution is -0.208. The Hall–Kier alpha value is -1.72. The first-order valence-corrected chi connectivity index (χ1v) is 22.1. The summed E-state index contributed by atoms with van der Waals surface area (Å²) < 4.78 is 14.2. The molecule has 4 fully saturated rings. The number of allylic oxidation sites excluding steroid dienone is 2. The molecular formula is C43H66O4Si. The predicted octanol–water partition coefficient (Wildman–Crippen LogP) is 11.1. The second kappa shape index (κ2) is 12.2. The zero-order chi connectivity index (χ0) is 35.0. The molecule has 0 radical (unpaired) electrons. The molecule has 5 aliphatic rings. The number of benzene rings is 1. The third-order valence-corrected chi connectivity index (χ3v) is 21.0. The van der Waals surface area contributed by atoms with Crippen LogP contribution in [0.15, 0.2) is 42.0 Å². The van der Waals surface area contributed by atoms with E-state index >= 15 is 4.79 Å². The summed E-state index contributed by atoms with van der Waals surface area (Å²) in [7, 11) is -2.09. The zero-order valence-electron chi connectivity index (χ0n) is 32.1. The minimum absolute atomic E-state index is 0.0264. The summed E-state index contributed by atoms with van der Waals surface area (Å²) in [6.07, 6.45) is 11.2. The Bertz CT molecular complexity index is 1420. The molecule has 5 heteroatoms. The van der Waals surface area contributed by atoms with Gasteiger partial charge in [-0.3, -0.25) is 9.59 Å². The molecule has 6 rings (SSSR count). The largest absolute Gasteiger partial charge is 0.460 e. The standard InChI is InChI=1S/C43H66O4Si/c1-11-48(12-2,13-3)47-36-28-42(10)31(19-20-34-40(8)23-22-35(44)39(6,7)33(40)21-24-41(34,42)9)32-27-38(4,5)25-26-43(32,36)37(45)46-29-30-17-15-14-16-18-30/h14-19,32-34,36H,11-13,20-29H2,1-10H3/t32-,33-,34+,36+,40-,41+,42+,43+/m0/s1. The highest BCUT2D eigenvalue weighted by Gasteiger charge is 2.72. The Labute approximate surface area is 293 Å². The summed E-state index contributed by atoms with van der Waals surface area (Å²) in [5, 5.41) is 0. The molecule has 5 aliphatic carbocycles. The first-order valence-electron chi connectivity index (χ1n) is 19.6. The van der Waals surface area contributed by atoms with Gasteiger partial charge in [0.15, 0.2) is 8.32 Å². The molecule has 0 saturated heterocycles. The van der Waals surface area contributed by atoms with Gasteiger partial charge in [0.2, 0.25) is 0 Å². The SMILES string of the molecule is CC[Si](CC)(CC)O[C@@H]1C[C@]2(C)C(=CC[C@@H]3[C@@]4(C)CCC(=O)C(C)(C)[C@@H]4CC[C@]32C)[C@@H]2CC(C)(C)CC[C@]12C(=O)OCc1ccccc1.